The van der Waals surface area contributed by atoms with Gasteiger partial charge < -0.3 is 11.1 Å². The van der Waals surface area contributed by atoms with Gasteiger partial charge in [-0.15, -0.1) is 12.4 Å². The summed E-state index contributed by atoms with van der Waals surface area (Å²) >= 11 is 0. The Kier molecular flexibility index (Phi) is 6.77. The second-order valence-electron chi connectivity index (χ2n) is 3.68. The van der Waals surface area contributed by atoms with Gasteiger partial charge in [-0.2, -0.15) is 0 Å². The number of rotatable bonds is 4. The number of amides is 1. The fourth-order valence-corrected chi connectivity index (χ4v) is 1.60. The fourth-order valence-electron chi connectivity index (χ4n) is 1.60. The van der Waals surface area contributed by atoms with Crippen LogP contribution in [0.4, 0.5) is 0 Å². The van der Waals surface area contributed by atoms with Gasteiger partial charge in [-0.3, -0.25) is 4.79 Å². The molecule has 1 aromatic rings. The van der Waals surface area contributed by atoms with Gasteiger partial charge in [0.1, 0.15) is 0 Å². The molecule has 4 heteroatoms. The summed E-state index contributed by atoms with van der Waals surface area (Å²) in [5, 5.41) is 2.92. The largest absolute Gasteiger partial charge is 0.350 e. The molecule has 0 saturated heterocycles. The van der Waals surface area contributed by atoms with E-state index in [1.54, 1.807) is 0 Å². The normalized spacial score (nSPS) is 11.4. The van der Waals surface area contributed by atoms with E-state index in [1.165, 1.54) is 5.56 Å². The molecule has 0 saturated carbocycles. The number of benzene rings is 1. The van der Waals surface area contributed by atoms with Crippen LogP contribution in [0.25, 0.3) is 0 Å². The molecule has 3 nitrogen and oxygen atoms in total. The highest BCUT2D eigenvalue weighted by atomic mass is 35.5. The van der Waals surface area contributed by atoms with E-state index in [9.17, 15) is 4.79 Å². The van der Waals surface area contributed by atoms with E-state index < -0.39 is 0 Å². The van der Waals surface area contributed by atoms with Gasteiger partial charge in [-0.1, -0.05) is 24.3 Å². The zero-order valence-electron chi connectivity index (χ0n) is 9.69. The molecular weight excluding hydrogens is 224 g/mol. The Morgan fingerprint density at radius 2 is 2.06 bits per heavy atom. The van der Waals surface area contributed by atoms with E-state index in [1.807, 2.05) is 38.1 Å². The van der Waals surface area contributed by atoms with Gasteiger partial charge in [-0.25, -0.2) is 0 Å². The molecule has 0 heterocycles. The second kappa shape index (κ2) is 7.25. The van der Waals surface area contributed by atoms with Gasteiger partial charge in [0.2, 0.25) is 5.91 Å². The van der Waals surface area contributed by atoms with Gasteiger partial charge in [0.15, 0.2) is 0 Å². The lowest BCUT2D eigenvalue weighted by molar-refractivity contribution is -0.121. The first-order chi connectivity index (χ1) is 7.15. The smallest absolute Gasteiger partial charge is 0.221 e. The molecule has 1 amide bonds. The Morgan fingerprint density at radius 3 is 2.62 bits per heavy atom. The van der Waals surface area contributed by atoms with Gasteiger partial charge in [0, 0.05) is 13.0 Å². The lowest BCUT2D eigenvalue weighted by Crippen LogP contribution is -2.28. The molecule has 0 aliphatic carbocycles. The molecule has 0 bridgehead atoms. The van der Waals surface area contributed by atoms with Gasteiger partial charge >= 0.3 is 0 Å². The molecule has 16 heavy (non-hydrogen) atoms. The van der Waals surface area contributed by atoms with E-state index in [0.717, 1.165) is 5.56 Å². The van der Waals surface area contributed by atoms with Crippen molar-refractivity contribution in [2.75, 3.05) is 6.54 Å². The Bertz CT molecular complexity index is 342. The van der Waals surface area contributed by atoms with Crippen molar-refractivity contribution in [3.8, 4) is 0 Å². The highest BCUT2D eigenvalue weighted by Crippen LogP contribution is 2.16. The zero-order chi connectivity index (χ0) is 11.3. The summed E-state index contributed by atoms with van der Waals surface area (Å²) in [6.45, 7) is 4.42. The van der Waals surface area contributed by atoms with Crippen LogP contribution in [0, 0.1) is 6.92 Å². The van der Waals surface area contributed by atoms with Crippen LogP contribution in [0.3, 0.4) is 0 Å². The molecule has 90 valence electrons. The van der Waals surface area contributed by atoms with Crippen LogP contribution in [0.2, 0.25) is 0 Å². The molecule has 1 atom stereocenters. The number of nitrogens with one attached hydrogen (secondary N) is 1. The quantitative estimate of drug-likeness (QED) is 0.848. The van der Waals surface area contributed by atoms with Crippen molar-refractivity contribution in [2.45, 2.75) is 26.3 Å². The first-order valence-corrected chi connectivity index (χ1v) is 5.20. The van der Waals surface area contributed by atoms with Crippen molar-refractivity contribution in [3.05, 3.63) is 35.4 Å². The summed E-state index contributed by atoms with van der Waals surface area (Å²) < 4.78 is 0. The highest BCUT2D eigenvalue weighted by molar-refractivity contribution is 5.85. The van der Waals surface area contributed by atoms with Crippen LogP contribution in [0.1, 0.15) is 30.5 Å². The molecule has 0 fully saturated rings. The summed E-state index contributed by atoms with van der Waals surface area (Å²) in [6, 6.07) is 8.09. The predicted molar refractivity (Wildman–Crippen MR) is 68.7 cm³/mol. The first-order valence-electron chi connectivity index (χ1n) is 5.20. The highest BCUT2D eigenvalue weighted by Gasteiger charge is 2.09. The second-order valence-corrected chi connectivity index (χ2v) is 3.68. The number of nitrogens with two attached hydrogens (primary N) is 1. The minimum atomic E-state index is 0. The van der Waals surface area contributed by atoms with Crippen molar-refractivity contribution >= 4 is 18.3 Å². The SMILES string of the molecule is Cc1ccccc1C(C)NC(=O)CCN.Cl. The molecule has 0 spiro atoms. The third-order valence-corrected chi connectivity index (χ3v) is 2.40. The van der Waals surface area contributed by atoms with Crippen molar-refractivity contribution < 1.29 is 4.79 Å². The van der Waals surface area contributed by atoms with Crippen LogP contribution >= 0.6 is 12.4 Å². The van der Waals surface area contributed by atoms with Crippen molar-refractivity contribution in [3.63, 3.8) is 0 Å². The minimum Gasteiger partial charge on any atom is -0.350 e. The van der Waals surface area contributed by atoms with E-state index in [0.29, 0.717) is 13.0 Å². The molecule has 0 aliphatic heterocycles. The maximum absolute atomic E-state index is 11.3. The molecule has 1 unspecified atom stereocenters. The maximum atomic E-state index is 11.3. The molecular formula is C12H19ClN2O. The van der Waals surface area contributed by atoms with Crippen LogP contribution < -0.4 is 11.1 Å². The topological polar surface area (TPSA) is 55.1 Å². The average Bonchev–Trinajstić information content (AvgIpc) is 2.18. The summed E-state index contributed by atoms with van der Waals surface area (Å²) in [7, 11) is 0. The predicted octanol–water partition coefficient (Wildman–Crippen LogP) is 1.94. The summed E-state index contributed by atoms with van der Waals surface area (Å²) in [5.74, 6) is 0.00764. The van der Waals surface area contributed by atoms with Crippen molar-refractivity contribution in [2.24, 2.45) is 5.73 Å². The molecule has 3 N–H and O–H groups in total. The first kappa shape index (κ1) is 14.9. The standard InChI is InChI=1S/C12H18N2O.ClH/c1-9-5-3-4-6-11(9)10(2)14-12(15)7-8-13;/h3-6,10H,7-8,13H2,1-2H3,(H,14,15);1H. The van der Waals surface area contributed by atoms with E-state index in [2.05, 4.69) is 5.32 Å². The number of aryl methyl sites for hydroxylation is 1. The fraction of sp³-hybridized carbons (Fsp3) is 0.417. The van der Waals surface area contributed by atoms with E-state index >= 15 is 0 Å². The minimum absolute atomic E-state index is 0. The number of halogens is 1. The van der Waals surface area contributed by atoms with Crippen LogP contribution in [-0.4, -0.2) is 12.5 Å². The molecule has 1 aromatic carbocycles. The lowest BCUT2D eigenvalue weighted by Gasteiger charge is -2.16. The average molecular weight is 243 g/mol. The molecule has 0 aromatic heterocycles. The van der Waals surface area contributed by atoms with Crippen molar-refractivity contribution in [1.82, 2.24) is 5.32 Å². The number of hydrogen-bond acceptors (Lipinski definition) is 2. The number of carbonyl (C=O) groups excluding carboxylic acids is 1. The summed E-state index contributed by atoms with van der Waals surface area (Å²) in [5.41, 5.74) is 7.66. The monoisotopic (exact) mass is 242 g/mol. The van der Waals surface area contributed by atoms with Gasteiger partial charge in [0.25, 0.3) is 0 Å². The third-order valence-electron chi connectivity index (χ3n) is 2.40. The third kappa shape index (κ3) is 4.21. The maximum Gasteiger partial charge on any atom is 0.221 e. The van der Waals surface area contributed by atoms with Crippen molar-refractivity contribution in [1.29, 1.82) is 0 Å². The zero-order valence-corrected chi connectivity index (χ0v) is 10.5. The summed E-state index contributed by atoms with van der Waals surface area (Å²) in [4.78, 5) is 11.3. The van der Waals surface area contributed by atoms with Crippen LogP contribution in [0.5, 0.6) is 0 Å². The Morgan fingerprint density at radius 1 is 1.44 bits per heavy atom. The Labute approximate surface area is 103 Å². The molecule has 0 radical (unpaired) electrons. The molecule has 0 aliphatic rings. The van der Waals surface area contributed by atoms with E-state index in [4.69, 9.17) is 5.73 Å². The van der Waals surface area contributed by atoms with E-state index in [-0.39, 0.29) is 24.4 Å². The molecule has 1 rings (SSSR count). The summed E-state index contributed by atoms with van der Waals surface area (Å²) in [6.07, 6.45) is 0.385. The van der Waals surface area contributed by atoms with Gasteiger partial charge in [-0.05, 0) is 25.0 Å². The number of carbonyl (C=O) groups is 1. The lowest BCUT2D eigenvalue weighted by atomic mass is 10.0. The van der Waals surface area contributed by atoms with Crippen LogP contribution in [0.15, 0.2) is 24.3 Å². The van der Waals surface area contributed by atoms with Crippen LogP contribution in [-0.2, 0) is 4.79 Å². The Hall–Kier alpha value is -1.06. The van der Waals surface area contributed by atoms with Gasteiger partial charge in [0.05, 0.1) is 6.04 Å². The Balaban J connectivity index is 0.00000225. The number of hydrogen-bond donors (Lipinski definition) is 2.